The molecule has 0 heterocycles. The Morgan fingerprint density at radius 3 is 2.24 bits per heavy atom. The lowest BCUT2D eigenvalue weighted by atomic mass is 10.2. The molecule has 0 aliphatic carbocycles. The summed E-state index contributed by atoms with van der Waals surface area (Å²) in [6.07, 6.45) is 0. The van der Waals surface area contributed by atoms with Gasteiger partial charge in [0.1, 0.15) is 11.5 Å². The van der Waals surface area contributed by atoms with E-state index >= 15 is 0 Å². The zero-order valence-electron chi connectivity index (χ0n) is 9.15. The van der Waals surface area contributed by atoms with Crippen LogP contribution in [0.1, 0.15) is 5.56 Å². The van der Waals surface area contributed by atoms with Crippen LogP contribution in [0, 0.1) is 0 Å². The molecule has 0 spiro atoms. The Morgan fingerprint density at radius 2 is 1.59 bits per heavy atom. The van der Waals surface area contributed by atoms with Crippen molar-refractivity contribution >= 4 is 0 Å². The van der Waals surface area contributed by atoms with Crippen molar-refractivity contribution in [2.75, 3.05) is 0 Å². The van der Waals surface area contributed by atoms with Crippen LogP contribution in [0.4, 0.5) is 0 Å². The average Bonchev–Trinajstić information content (AvgIpc) is 2.39. The molecule has 0 saturated carbocycles. The Morgan fingerprint density at radius 1 is 0.941 bits per heavy atom. The van der Waals surface area contributed by atoms with E-state index < -0.39 is 0 Å². The molecule has 4 heteroatoms. The minimum absolute atomic E-state index is 0.363. The van der Waals surface area contributed by atoms with Crippen LogP contribution in [-0.4, -0.2) is 0 Å². The molecule has 0 atom stereocenters. The van der Waals surface area contributed by atoms with E-state index in [2.05, 4.69) is 10.0 Å². The van der Waals surface area contributed by atoms with Gasteiger partial charge in [-0.1, -0.05) is 35.4 Å². The number of azide groups is 1. The number of nitrogens with zero attached hydrogens (tertiary/aromatic N) is 3. The van der Waals surface area contributed by atoms with E-state index in [1.807, 2.05) is 54.6 Å². The minimum Gasteiger partial charge on any atom is -0.457 e. The largest absolute Gasteiger partial charge is 0.457 e. The maximum Gasteiger partial charge on any atom is 0.127 e. The Bertz CT molecular complexity index is 516. The van der Waals surface area contributed by atoms with Crippen molar-refractivity contribution in [1.82, 2.24) is 0 Å². The Labute approximate surface area is 99.1 Å². The van der Waals surface area contributed by atoms with Crippen LogP contribution >= 0.6 is 0 Å². The van der Waals surface area contributed by atoms with Crippen molar-refractivity contribution in [1.29, 1.82) is 0 Å². The van der Waals surface area contributed by atoms with Gasteiger partial charge in [-0.3, -0.25) is 0 Å². The smallest absolute Gasteiger partial charge is 0.127 e. The highest BCUT2D eigenvalue weighted by Gasteiger charge is 1.96. The molecule has 0 aliphatic heterocycles. The normalized spacial score (nSPS) is 9.41. The fraction of sp³-hybridized carbons (Fsp3) is 0.0769. The third-order valence-electron chi connectivity index (χ3n) is 2.22. The van der Waals surface area contributed by atoms with Crippen LogP contribution in [0.5, 0.6) is 11.5 Å². The SMILES string of the molecule is [N-]=[N+]=NCc1ccc(Oc2ccccc2)cc1. The van der Waals surface area contributed by atoms with Crippen LogP contribution in [0.3, 0.4) is 0 Å². The van der Waals surface area contributed by atoms with Crippen LogP contribution in [0.2, 0.25) is 0 Å². The van der Waals surface area contributed by atoms with Gasteiger partial charge in [-0.25, -0.2) is 0 Å². The van der Waals surface area contributed by atoms with E-state index in [0.29, 0.717) is 6.54 Å². The summed E-state index contributed by atoms with van der Waals surface area (Å²) in [5.41, 5.74) is 9.17. The fourth-order valence-electron chi connectivity index (χ4n) is 1.40. The topological polar surface area (TPSA) is 58.0 Å². The Hall–Kier alpha value is -2.45. The molecule has 0 amide bonds. The quantitative estimate of drug-likeness (QED) is 0.435. The first kappa shape index (κ1) is 11.0. The number of benzene rings is 2. The van der Waals surface area contributed by atoms with Crippen molar-refractivity contribution in [3.8, 4) is 11.5 Å². The summed E-state index contributed by atoms with van der Waals surface area (Å²) in [7, 11) is 0. The van der Waals surface area contributed by atoms with Crippen LogP contribution in [0.15, 0.2) is 59.7 Å². The van der Waals surface area contributed by atoms with Gasteiger partial charge < -0.3 is 4.74 Å². The van der Waals surface area contributed by atoms with E-state index in [-0.39, 0.29) is 0 Å². The number of ether oxygens (including phenoxy) is 1. The highest BCUT2D eigenvalue weighted by molar-refractivity contribution is 5.32. The molecule has 0 unspecified atom stereocenters. The second kappa shape index (κ2) is 5.58. The lowest BCUT2D eigenvalue weighted by molar-refractivity contribution is 0.482. The second-order valence-corrected chi connectivity index (χ2v) is 3.45. The summed E-state index contributed by atoms with van der Waals surface area (Å²) < 4.78 is 5.63. The maximum atomic E-state index is 8.21. The summed E-state index contributed by atoms with van der Waals surface area (Å²) >= 11 is 0. The summed E-state index contributed by atoms with van der Waals surface area (Å²) in [6.45, 7) is 0.363. The first-order chi connectivity index (χ1) is 8.38. The lowest BCUT2D eigenvalue weighted by Gasteiger charge is -2.05. The fourth-order valence-corrected chi connectivity index (χ4v) is 1.40. The molecule has 2 aromatic rings. The first-order valence-electron chi connectivity index (χ1n) is 5.21. The van der Waals surface area contributed by atoms with Crippen molar-refractivity contribution < 1.29 is 4.74 Å². The zero-order chi connectivity index (χ0) is 11.9. The molecule has 0 aliphatic rings. The molecule has 0 radical (unpaired) electrons. The molecular weight excluding hydrogens is 214 g/mol. The van der Waals surface area contributed by atoms with E-state index in [4.69, 9.17) is 10.3 Å². The van der Waals surface area contributed by atoms with Crippen molar-refractivity contribution in [2.45, 2.75) is 6.54 Å². The van der Waals surface area contributed by atoms with Crippen LogP contribution in [-0.2, 0) is 6.54 Å². The summed E-state index contributed by atoms with van der Waals surface area (Å²) in [4.78, 5) is 2.71. The van der Waals surface area contributed by atoms with Gasteiger partial charge in [-0.05, 0) is 35.4 Å². The predicted octanol–water partition coefficient (Wildman–Crippen LogP) is 4.29. The highest BCUT2D eigenvalue weighted by atomic mass is 16.5. The number of rotatable bonds is 4. The van der Waals surface area contributed by atoms with Gasteiger partial charge in [0.2, 0.25) is 0 Å². The monoisotopic (exact) mass is 225 g/mol. The van der Waals surface area contributed by atoms with Crippen LogP contribution in [0.25, 0.3) is 10.4 Å². The minimum atomic E-state index is 0.363. The maximum absolute atomic E-state index is 8.21. The average molecular weight is 225 g/mol. The van der Waals surface area contributed by atoms with Gasteiger partial charge in [0.05, 0.1) is 6.54 Å². The summed E-state index contributed by atoms with van der Waals surface area (Å²) in [6, 6.07) is 17.1. The van der Waals surface area contributed by atoms with Gasteiger partial charge in [-0.15, -0.1) is 0 Å². The van der Waals surface area contributed by atoms with E-state index in [0.717, 1.165) is 17.1 Å². The van der Waals surface area contributed by atoms with E-state index in [9.17, 15) is 0 Å². The molecule has 0 aromatic heterocycles. The second-order valence-electron chi connectivity index (χ2n) is 3.45. The highest BCUT2D eigenvalue weighted by Crippen LogP contribution is 2.21. The molecule has 2 rings (SSSR count). The third-order valence-corrected chi connectivity index (χ3v) is 2.22. The van der Waals surface area contributed by atoms with E-state index in [1.165, 1.54) is 0 Å². The molecule has 17 heavy (non-hydrogen) atoms. The lowest BCUT2D eigenvalue weighted by Crippen LogP contribution is -1.85. The zero-order valence-corrected chi connectivity index (χ0v) is 9.15. The molecule has 0 N–H and O–H groups in total. The van der Waals surface area contributed by atoms with Crippen LogP contribution < -0.4 is 4.74 Å². The van der Waals surface area contributed by atoms with Gasteiger partial charge in [0.15, 0.2) is 0 Å². The first-order valence-corrected chi connectivity index (χ1v) is 5.21. The molecule has 0 bridgehead atoms. The van der Waals surface area contributed by atoms with Crippen molar-refractivity contribution in [3.05, 3.63) is 70.6 Å². The number of hydrogen-bond acceptors (Lipinski definition) is 2. The van der Waals surface area contributed by atoms with Gasteiger partial charge in [-0.2, -0.15) is 0 Å². The molecule has 0 fully saturated rings. The third kappa shape index (κ3) is 3.26. The van der Waals surface area contributed by atoms with Crippen molar-refractivity contribution in [2.24, 2.45) is 5.11 Å². The van der Waals surface area contributed by atoms with Gasteiger partial charge in [0.25, 0.3) is 0 Å². The summed E-state index contributed by atoms with van der Waals surface area (Å²) in [5, 5.41) is 3.50. The molecule has 4 nitrogen and oxygen atoms in total. The number of hydrogen-bond donors (Lipinski definition) is 0. The molecule has 2 aromatic carbocycles. The summed E-state index contributed by atoms with van der Waals surface area (Å²) in [5.74, 6) is 1.57. The van der Waals surface area contributed by atoms with Gasteiger partial charge >= 0.3 is 0 Å². The van der Waals surface area contributed by atoms with E-state index in [1.54, 1.807) is 0 Å². The molecule has 84 valence electrons. The Balaban J connectivity index is 2.05. The van der Waals surface area contributed by atoms with Gasteiger partial charge in [0, 0.05) is 4.91 Å². The number of para-hydroxylation sites is 1. The standard InChI is InChI=1S/C13H11N3O/c14-16-15-10-11-6-8-13(9-7-11)17-12-4-2-1-3-5-12/h1-9H,10H2. The molecular formula is C13H11N3O. The molecule has 0 saturated heterocycles. The van der Waals surface area contributed by atoms with Crippen molar-refractivity contribution in [3.63, 3.8) is 0 Å². The Kier molecular flexibility index (Phi) is 3.63. The predicted molar refractivity (Wildman–Crippen MR) is 65.8 cm³/mol.